The van der Waals surface area contributed by atoms with Gasteiger partial charge >= 0.3 is 0 Å². The van der Waals surface area contributed by atoms with Crippen LogP contribution in [0.15, 0.2) is 40.9 Å². The van der Waals surface area contributed by atoms with Gasteiger partial charge in [0.25, 0.3) is 0 Å². The summed E-state index contributed by atoms with van der Waals surface area (Å²) in [4.78, 5) is 0. The van der Waals surface area contributed by atoms with Crippen LogP contribution in [0, 0.1) is 6.92 Å². The van der Waals surface area contributed by atoms with Gasteiger partial charge in [0.05, 0.1) is 18.5 Å². The summed E-state index contributed by atoms with van der Waals surface area (Å²) in [5, 5.41) is 3.32. The maximum Gasteiger partial charge on any atom is 0.143 e. The highest BCUT2D eigenvalue weighted by Gasteiger charge is 2.07. The highest BCUT2D eigenvalue weighted by atomic mass is 79.9. The van der Waals surface area contributed by atoms with Gasteiger partial charge in [0.15, 0.2) is 0 Å². The van der Waals surface area contributed by atoms with Gasteiger partial charge in [0.2, 0.25) is 0 Å². The van der Waals surface area contributed by atoms with Crippen molar-refractivity contribution in [1.82, 2.24) is 0 Å². The predicted octanol–water partition coefficient (Wildman–Crippen LogP) is 4.09. The number of methoxy groups -OCH3 is 1. The van der Waals surface area contributed by atoms with Crippen LogP contribution in [0.2, 0.25) is 0 Å². The summed E-state index contributed by atoms with van der Waals surface area (Å²) in [5.74, 6) is 0.674. The molecule has 3 N–H and O–H groups in total. The van der Waals surface area contributed by atoms with Crippen LogP contribution >= 0.6 is 15.9 Å². The van der Waals surface area contributed by atoms with Gasteiger partial charge in [-0.05, 0) is 36.8 Å². The number of nitrogens with two attached hydrogens (primary N) is 1. The van der Waals surface area contributed by atoms with Gasteiger partial charge < -0.3 is 15.8 Å². The number of nitrogens with one attached hydrogen (secondary N) is 1. The van der Waals surface area contributed by atoms with E-state index in [0.717, 1.165) is 21.4 Å². The number of para-hydroxylation sites is 1. The Balaban J connectivity index is 2.37. The molecule has 0 aliphatic carbocycles. The molecule has 0 aliphatic rings. The molecule has 0 amide bonds. The molecular formula is C14H15BrN2O. The molecule has 2 aromatic carbocycles. The molecular weight excluding hydrogens is 292 g/mol. The fraction of sp³-hybridized carbons (Fsp3) is 0.143. The molecule has 4 heteroatoms. The summed E-state index contributed by atoms with van der Waals surface area (Å²) in [7, 11) is 1.61. The van der Waals surface area contributed by atoms with E-state index in [4.69, 9.17) is 10.5 Å². The number of nitrogen functional groups attached to an aromatic ring is 1. The summed E-state index contributed by atoms with van der Waals surface area (Å²) in [6.45, 7) is 2.04. The third-order valence-corrected chi connectivity index (χ3v) is 3.68. The van der Waals surface area contributed by atoms with Crippen molar-refractivity contribution in [2.45, 2.75) is 6.92 Å². The van der Waals surface area contributed by atoms with Crippen LogP contribution in [0.3, 0.4) is 0 Å². The molecule has 0 radical (unpaired) electrons. The quantitative estimate of drug-likeness (QED) is 0.840. The Morgan fingerprint density at radius 1 is 1.11 bits per heavy atom. The number of ether oxygens (including phenoxy) is 1. The van der Waals surface area contributed by atoms with E-state index in [1.165, 1.54) is 0 Å². The van der Waals surface area contributed by atoms with E-state index in [2.05, 4.69) is 21.2 Å². The third-order valence-electron chi connectivity index (χ3n) is 2.82. The van der Waals surface area contributed by atoms with Crippen LogP contribution in [0.25, 0.3) is 0 Å². The highest BCUT2D eigenvalue weighted by molar-refractivity contribution is 9.10. The lowest BCUT2D eigenvalue weighted by Crippen LogP contribution is -2.00. The Morgan fingerprint density at radius 3 is 2.50 bits per heavy atom. The van der Waals surface area contributed by atoms with Crippen LogP contribution in [0.1, 0.15) is 5.56 Å². The van der Waals surface area contributed by atoms with Gasteiger partial charge in [-0.15, -0.1) is 0 Å². The first-order valence-electron chi connectivity index (χ1n) is 5.58. The van der Waals surface area contributed by atoms with Crippen LogP contribution in [-0.4, -0.2) is 7.11 Å². The molecule has 0 fully saturated rings. The molecule has 18 heavy (non-hydrogen) atoms. The number of hydrogen-bond acceptors (Lipinski definition) is 3. The number of anilines is 3. The van der Waals surface area contributed by atoms with Crippen molar-refractivity contribution in [3.63, 3.8) is 0 Å². The van der Waals surface area contributed by atoms with Gasteiger partial charge in [-0.3, -0.25) is 0 Å². The topological polar surface area (TPSA) is 47.3 Å². The predicted molar refractivity (Wildman–Crippen MR) is 79.6 cm³/mol. The molecule has 2 aromatic rings. The molecule has 3 nitrogen and oxygen atoms in total. The average molecular weight is 307 g/mol. The van der Waals surface area contributed by atoms with E-state index in [0.29, 0.717) is 11.4 Å². The molecule has 0 unspecified atom stereocenters. The van der Waals surface area contributed by atoms with E-state index < -0.39 is 0 Å². The van der Waals surface area contributed by atoms with Gasteiger partial charge in [-0.1, -0.05) is 28.1 Å². The maximum absolute atomic E-state index is 6.03. The SMILES string of the molecule is COc1cccc(Nc2cccc(Br)c2C)c1N. The minimum absolute atomic E-state index is 0.611. The van der Waals surface area contributed by atoms with E-state index in [1.807, 2.05) is 43.3 Å². The van der Waals surface area contributed by atoms with Crippen molar-refractivity contribution in [2.24, 2.45) is 0 Å². The van der Waals surface area contributed by atoms with Crippen molar-refractivity contribution >= 4 is 33.0 Å². The van der Waals surface area contributed by atoms with Crippen LogP contribution in [0.5, 0.6) is 5.75 Å². The lowest BCUT2D eigenvalue weighted by molar-refractivity contribution is 0.417. The van der Waals surface area contributed by atoms with Crippen LogP contribution in [-0.2, 0) is 0 Å². The summed E-state index contributed by atoms with van der Waals surface area (Å²) < 4.78 is 6.27. The smallest absolute Gasteiger partial charge is 0.143 e. The van der Waals surface area contributed by atoms with Crippen molar-refractivity contribution in [3.8, 4) is 5.75 Å². The molecule has 0 saturated heterocycles. The van der Waals surface area contributed by atoms with Gasteiger partial charge in [0, 0.05) is 10.2 Å². The number of halogens is 1. The molecule has 0 aliphatic heterocycles. The van der Waals surface area contributed by atoms with Crippen LogP contribution in [0.4, 0.5) is 17.1 Å². The second-order valence-electron chi connectivity index (χ2n) is 3.96. The molecule has 0 aromatic heterocycles. The Morgan fingerprint density at radius 2 is 1.78 bits per heavy atom. The lowest BCUT2D eigenvalue weighted by atomic mass is 10.2. The van der Waals surface area contributed by atoms with E-state index in [9.17, 15) is 0 Å². The van der Waals surface area contributed by atoms with Crippen molar-refractivity contribution in [3.05, 3.63) is 46.4 Å². The average Bonchev–Trinajstić information content (AvgIpc) is 2.37. The molecule has 0 bridgehead atoms. The first kappa shape index (κ1) is 12.8. The molecule has 0 atom stereocenters. The number of rotatable bonds is 3. The normalized spacial score (nSPS) is 10.2. The molecule has 94 valence electrons. The Bertz CT molecular complexity index is 570. The maximum atomic E-state index is 6.03. The van der Waals surface area contributed by atoms with Gasteiger partial charge in [-0.25, -0.2) is 0 Å². The largest absolute Gasteiger partial charge is 0.495 e. The molecule has 2 rings (SSSR count). The number of benzene rings is 2. The molecule has 0 heterocycles. The fourth-order valence-electron chi connectivity index (χ4n) is 1.72. The van der Waals surface area contributed by atoms with Crippen molar-refractivity contribution < 1.29 is 4.74 Å². The summed E-state index contributed by atoms with van der Waals surface area (Å²) in [5.41, 5.74) is 9.64. The third kappa shape index (κ3) is 2.43. The zero-order chi connectivity index (χ0) is 13.1. The Labute approximate surface area is 115 Å². The molecule has 0 spiro atoms. The Hall–Kier alpha value is -1.68. The Kier molecular flexibility index (Phi) is 3.77. The minimum atomic E-state index is 0.611. The van der Waals surface area contributed by atoms with Crippen molar-refractivity contribution in [1.29, 1.82) is 0 Å². The first-order valence-corrected chi connectivity index (χ1v) is 6.37. The summed E-state index contributed by atoms with van der Waals surface area (Å²) >= 11 is 3.51. The van der Waals surface area contributed by atoms with Crippen molar-refractivity contribution in [2.75, 3.05) is 18.2 Å². The molecule has 0 saturated carbocycles. The second-order valence-corrected chi connectivity index (χ2v) is 4.81. The van der Waals surface area contributed by atoms with Gasteiger partial charge in [0.1, 0.15) is 5.75 Å². The lowest BCUT2D eigenvalue weighted by Gasteiger charge is -2.14. The number of hydrogen-bond donors (Lipinski definition) is 2. The standard InChI is InChI=1S/C14H15BrN2O/c1-9-10(15)5-3-6-11(9)17-12-7-4-8-13(18-2)14(12)16/h3-8,17H,16H2,1-2H3. The van der Waals surface area contributed by atoms with Crippen LogP contribution < -0.4 is 15.8 Å². The zero-order valence-electron chi connectivity index (χ0n) is 10.3. The summed E-state index contributed by atoms with van der Waals surface area (Å²) in [6.07, 6.45) is 0. The minimum Gasteiger partial charge on any atom is -0.495 e. The first-order chi connectivity index (χ1) is 8.63. The van der Waals surface area contributed by atoms with E-state index in [-0.39, 0.29) is 0 Å². The fourth-order valence-corrected chi connectivity index (χ4v) is 2.09. The highest BCUT2D eigenvalue weighted by Crippen LogP contribution is 2.33. The summed E-state index contributed by atoms with van der Waals surface area (Å²) in [6, 6.07) is 11.7. The van der Waals surface area contributed by atoms with Gasteiger partial charge in [-0.2, -0.15) is 0 Å². The van der Waals surface area contributed by atoms with E-state index >= 15 is 0 Å². The van der Waals surface area contributed by atoms with E-state index in [1.54, 1.807) is 7.11 Å². The second kappa shape index (κ2) is 5.31. The zero-order valence-corrected chi connectivity index (χ0v) is 11.9. The monoisotopic (exact) mass is 306 g/mol.